The number of ether oxygens (including phenoxy) is 1. The normalized spacial score (nSPS) is 10.6. The molecule has 17 heavy (non-hydrogen) atoms. The molecule has 0 saturated heterocycles. The molecule has 0 aliphatic heterocycles. The second-order valence-electron chi connectivity index (χ2n) is 4.41. The molecule has 94 valence electrons. The van der Waals surface area contributed by atoms with Crippen LogP contribution in [-0.4, -0.2) is 12.6 Å². The molecule has 0 heterocycles. The molecule has 2 N–H and O–H groups in total. The average Bonchev–Trinajstić information content (AvgIpc) is 2.28. The zero-order valence-electron chi connectivity index (χ0n) is 10.8. The van der Waals surface area contributed by atoms with Gasteiger partial charge in [0, 0.05) is 5.69 Å². The SMILES string of the molecule is CCC(CC)COC(=O)c1cc(C)cc(N)c1. The minimum Gasteiger partial charge on any atom is -0.462 e. The first-order valence-electron chi connectivity index (χ1n) is 6.11. The molecule has 0 aromatic heterocycles. The van der Waals surface area contributed by atoms with Crippen molar-refractivity contribution >= 4 is 11.7 Å². The highest BCUT2D eigenvalue weighted by Crippen LogP contribution is 2.14. The molecule has 3 nitrogen and oxygen atoms in total. The number of aryl methyl sites for hydroxylation is 1. The monoisotopic (exact) mass is 235 g/mol. The van der Waals surface area contributed by atoms with Crippen molar-refractivity contribution in [3.8, 4) is 0 Å². The fourth-order valence-corrected chi connectivity index (χ4v) is 1.73. The highest BCUT2D eigenvalue weighted by Gasteiger charge is 2.11. The maximum absolute atomic E-state index is 11.8. The third kappa shape index (κ3) is 4.10. The number of benzene rings is 1. The molecule has 0 aliphatic carbocycles. The van der Waals surface area contributed by atoms with Gasteiger partial charge < -0.3 is 10.5 Å². The van der Waals surface area contributed by atoms with Crippen molar-refractivity contribution in [2.75, 3.05) is 12.3 Å². The average molecular weight is 235 g/mol. The third-order valence-corrected chi connectivity index (χ3v) is 2.94. The van der Waals surface area contributed by atoms with Crippen LogP contribution in [-0.2, 0) is 4.74 Å². The Balaban J connectivity index is 2.63. The first-order valence-corrected chi connectivity index (χ1v) is 6.11. The number of anilines is 1. The van der Waals surface area contributed by atoms with Crippen LogP contribution in [0.5, 0.6) is 0 Å². The van der Waals surface area contributed by atoms with Crippen molar-refractivity contribution in [1.29, 1.82) is 0 Å². The van der Waals surface area contributed by atoms with Gasteiger partial charge in [-0.3, -0.25) is 0 Å². The molecule has 1 aromatic carbocycles. The Morgan fingerprint density at radius 1 is 1.29 bits per heavy atom. The molecular formula is C14H21NO2. The van der Waals surface area contributed by atoms with Crippen molar-refractivity contribution in [2.24, 2.45) is 5.92 Å². The maximum Gasteiger partial charge on any atom is 0.338 e. The van der Waals surface area contributed by atoms with Gasteiger partial charge in [-0.1, -0.05) is 26.7 Å². The summed E-state index contributed by atoms with van der Waals surface area (Å²) in [7, 11) is 0. The minimum atomic E-state index is -0.285. The van der Waals surface area contributed by atoms with Gasteiger partial charge in [0.25, 0.3) is 0 Å². The van der Waals surface area contributed by atoms with Crippen LogP contribution >= 0.6 is 0 Å². The van der Waals surface area contributed by atoms with E-state index in [9.17, 15) is 4.79 Å². The van der Waals surface area contributed by atoms with Gasteiger partial charge in [-0.25, -0.2) is 4.79 Å². The Morgan fingerprint density at radius 2 is 1.94 bits per heavy atom. The van der Waals surface area contributed by atoms with Gasteiger partial charge in [0.1, 0.15) is 0 Å². The quantitative estimate of drug-likeness (QED) is 0.630. The Hall–Kier alpha value is -1.51. The number of carbonyl (C=O) groups is 1. The van der Waals surface area contributed by atoms with Crippen LogP contribution in [0.25, 0.3) is 0 Å². The van der Waals surface area contributed by atoms with Crippen molar-refractivity contribution in [1.82, 2.24) is 0 Å². The summed E-state index contributed by atoms with van der Waals surface area (Å²) in [5, 5.41) is 0. The molecule has 3 heteroatoms. The summed E-state index contributed by atoms with van der Waals surface area (Å²) in [4.78, 5) is 11.8. The van der Waals surface area contributed by atoms with E-state index < -0.39 is 0 Å². The van der Waals surface area contributed by atoms with Gasteiger partial charge in [-0.15, -0.1) is 0 Å². The number of hydrogen-bond donors (Lipinski definition) is 1. The molecule has 0 unspecified atom stereocenters. The lowest BCUT2D eigenvalue weighted by Gasteiger charge is -2.13. The zero-order valence-corrected chi connectivity index (χ0v) is 10.8. The van der Waals surface area contributed by atoms with Gasteiger partial charge in [0.05, 0.1) is 12.2 Å². The number of nitrogens with two attached hydrogens (primary N) is 1. The number of rotatable bonds is 5. The van der Waals surface area contributed by atoms with Crippen LogP contribution < -0.4 is 5.73 Å². The molecule has 0 amide bonds. The van der Waals surface area contributed by atoms with Gasteiger partial charge in [0.15, 0.2) is 0 Å². The number of hydrogen-bond acceptors (Lipinski definition) is 3. The number of esters is 1. The van der Waals surface area contributed by atoms with E-state index in [0.717, 1.165) is 18.4 Å². The van der Waals surface area contributed by atoms with E-state index in [1.54, 1.807) is 12.1 Å². The first-order chi connectivity index (χ1) is 8.06. The van der Waals surface area contributed by atoms with E-state index in [0.29, 0.717) is 23.8 Å². The summed E-state index contributed by atoms with van der Waals surface area (Å²) < 4.78 is 5.29. The van der Waals surface area contributed by atoms with E-state index in [1.165, 1.54) is 0 Å². The molecule has 1 aromatic rings. The van der Waals surface area contributed by atoms with Crippen molar-refractivity contribution in [2.45, 2.75) is 33.6 Å². The highest BCUT2D eigenvalue weighted by molar-refractivity contribution is 5.90. The van der Waals surface area contributed by atoms with E-state index in [1.807, 2.05) is 13.0 Å². The lowest BCUT2D eigenvalue weighted by Crippen LogP contribution is -2.13. The molecule has 0 radical (unpaired) electrons. The summed E-state index contributed by atoms with van der Waals surface area (Å²) in [6.45, 7) is 6.60. The fourth-order valence-electron chi connectivity index (χ4n) is 1.73. The largest absolute Gasteiger partial charge is 0.462 e. The smallest absolute Gasteiger partial charge is 0.338 e. The van der Waals surface area contributed by atoms with Crippen LogP contribution in [0.1, 0.15) is 42.6 Å². The lowest BCUT2D eigenvalue weighted by atomic mass is 10.1. The van der Waals surface area contributed by atoms with Crippen LogP contribution in [0.2, 0.25) is 0 Å². The second-order valence-corrected chi connectivity index (χ2v) is 4.41. The maximum atomic E-state index is 11.8. The van der Waals surface area contributed by atoms with Crippen molar-refractivity contribution in [3.05, 3.63) is 29.3 Å². The molecule has 0 fully saturated rings. The summed E-state index contributed by atoms with van der Waals surface area (Å²) in [5.41, 5.74) is 7.80. The predicted molar refractivity (Wildman–Crippen MR) is 69.9 cm³/mol. The summed E-state index contributed by atoms with van der Waals surface area (Å²) in [5.74, 6) is 0.161. The fraction of sp³-hybridized carbons (Fsp3) is 0.500. The van der Waals surface area contributed by atoms with E-state index in [-0.39, 0.29) is 5.97 Å². The highest BCUT2D eigenvalue weighted by atomic mass is 16.5. The summed E-state index contributed by atoms with van der Waals surface area (Å²) in [6.07, 6.45) is 2.06. The van der Waals surface area contributed by atoms with Gasteiger partial charge in [0.2, 0.25) is 0 Å². The van der Waals surface area contributed by atoms with Crippen LogP contribution in [0.3, 0.4) is 0 Å². The molecule has 0 aliphatic rings. The molecule has 1 rings (SSSR count). The molecule has 0 saturated carbocycles. The third-order valence-electron chi connectivity index (χ3n) is 2.94. The molecule has 0 spiro atoms. The summed E-state index contributed by atoms with van der Waals surface area (Å²) in [6, 6.07) is 5.28. The number of nitrogen functional groups attached to an aromatic ring is 1. The van der Waals surface area contributed by atoms with Gasteiger partial charge in [-0.05, 0) is 36.6 Å². The second kappa shape index (κ2) is 6.28. The van der Waals surface area contributed by atoms with Gasteiger partial charge in [-0.2, -0.15) is 0 Å². The first kappa shape index (κ1) is 13.6. The topological polar surface area (TPSA) is 52.3 Å². The van der Waals surface area contributed by atoms with Crippen LogP contribution in [0.4, 0.5) is 5.69 Å². The van der Waals surface area contributed by atoms with Crippen LogP contribution in [0.15, 0.2) is 18.2 Å². The Morgan fingerprint density at radius 3 is 2.47 bits per heavy atom. The zero-order chi connectivity index (χ0) is 12.8. The van der Waals surface area contributed by atoms with Crippen molar-refractivity contribution in [3.63, 3.8) is 0 Å². The lowest BCUT2D eigenvalue weighted by molar-refractivity contribution is 0.0433. The van der Waals surface area contributed by atoms with E-state index in [2.05, 4.69) is 13.8 Å². The molecular weight excluding hydrogens is 214 g/mol. The summed E-state index contributed by atoms with van der Waals surface area (Å²) >= 11 is 0. The standard InChI is InChI=1S/C14H21NO2/c1-4-11(5-2)9-17-14(16)12-6-10(3)7-13(15)8-12/h6-8,11H,4-5,9,15H2,1-3H3. The van der Waals surface area contributed by atoms with Gasteiger partial charge >= 0.3 is 5.97 Å². The molecule has 0 atom stereocenters. The van der Waals surface area contributed by atoms with Crippen LogP contribution in [0, 0.1) is 12.8 Å². The Labute approximate surface area is 103 Å². The van der Waals surface area contributed by atoms with E-state index >= 15 is 0 Å². The number of carbonyl (C=O) groups excluding carboxylic acids is 1. The van der Waals surface area contributed by atoms with E-state index in [4.69, 9.17) is 10.5 Å². The molecule has 0 bridgehead atoms. The Bertz CT molecular complexity index is 364. The Kier molecular flexibility index (Phi) is 5.01. The van der Waals surface area contributed by atoms with Crippen molar-refractivity contribution < 1.29 is 9.53 Å². The minimum absolute atomic E-state index is 0.285. The predicted octanol–water partition coefficient (Wildman–Crippen LogP) is 3.17.